The van der Waals surface area contributed by atoms with Crippen LogP contribution in [0.5, 0.6) is 0 Å². The van der Waals surface area contributed by atoms with Crippen LogP contribution in [0.1, 0.15) is 45.2 Å². The van der Waals surface area contributed by atoms with Crippen LogP contribution in [0.25, 0.3) is 10.9 Å². The number of esters is 1. The molecule has 1 aliphatic rings. The van der Waals surface area contributed by atoms with Crippen molar-refractivity contribution in [1.29, 1.82) is 0 Å². The number of rotatable bonds is 7. The van der Waals surface area contributed by atoms with Crippen LogP contribution in [0.3, 0.4) is 0 Å². The Labute approximate surface area is 217 Å². The summed E-state index contributed by atoms with van der Waals surface area (Å²) >= 11 is 0. The van der Waals surface area contributed by atoms with E-state index in [2.05, 4.69) is 22.3 Å². The van der Waals surface area contributed by atoms with Crippen LogP contribution >= 0.6 is 0 Å². The van der Waals surface area contributed by atoms with Gasteiger partial charge in [-0.15, -0.1) is 0 Å². The van der Waals surface area contributed by atoms with Crippen LogP contribution in [-0.2, 0) is 35.5 Å². The number of aryl methyl sites for hydroxylation is 2. The highest BCUT2D eigenvalue weighted by atomic mass is 16.5. The van der Waals surface area contributed by atoms with Gasteiger partial charge < -0.3 is 10.1 Å². The normalized spacial score (nSPS) is 13.2. The number of aromatic nitrogens is 1. The lowest BCUT2D eigenvalue weighted by atomic mass is 9.95. The first kappa shape index (κ1) is 24.7. The lowest BCUT2D eigenvalue weighted by Crippen LogP contribution is -2.32. The van der Waals surface area contributed by atoms with Gasteiger partial charge in [-0.25, -0.2) is 4.79 Å². The third kappa shape index (κ3) is 5.39. The average molecular weight is 494 g/mol. The van der Waals surface area contributed by atoms with Gasteiger partial charge in [-0.3, -0.25) is 14.7 Å². The summed E-state index contributed by atoms with van der Waals surface area (Å²) in [5.41, 5.74) is 7.12. The summed E-state index contributed by atoms with van der Waals surface area (Å²) in [6, 6.07) is 23.9. The summed E-state index contributed by atoms with van der Waals surface area (Å²) in [5.74, 6) is -0.845. The molecule has 0 saturated carbocycles. The van der Waals surface area contributed by atoms with E-state index in [0.29, 0.717) is 12.1 Å². The van der Waals surface area contributed by atoms with Crippen molar-refractivity contribution in [1.82, 2.24) is 9.88 Å². The van der Waals surface area contributed by atoms with Crippen molar-refractivity contribution >= 4 is 28.5 Å². The van der Waals surface area contributed by atoms with E-state index < -0.39 is 5.97 Å². The molecule has 6 heteroatoms. The van der Waals surface area contributed by atoms with Crippen LogP contribution < -0.4 is 5.32 Å². The van der Waals surface area contributed by atoms with Crippen molar-refractivity contribution in [2.24, 2.45) is 0 Å². The Morgan fingerprint density at radius 3 is 2.59 bits per heavy atom. The molecule has 0 atom stereocenters. The van der Waals surface area contributed by atoms with Gasteiger partial charge in [0.05, 0.1) is 11.1 Å². The van der Waals surface area contributed by atoms with Gasteiger partial charge in [-0.05, 0) is 36.1 Å². The molecule has 0 fully saturated rings. The number of fused-ring (bicyclic) bond motifs is 2. The minimum absolute atomic E-state index is 0.352. The van der Waals surface area contributed by atoms with Gasteiger partial charge in [0.2, 0.25) is 0 Å². The maximum absolute atomic E-state index is 13.5. The third-order valence-corrected chi connectivity index (χ3v) is 6.92. The third-order valence-electron chi connectivity index (χ3n) is 6.92. The average Bonchev–Trinajstić information content (AvgIpc) is 2.92. The van der Waals surface area contributed by atoms with E-state index in [1.165, 1.54) is 5.56 Å². The first-order chi connectivity index (χ1) is 18.0. The molecule has 0 unspecified atom stereocenters. The van der Waals surface area contributed by atoms with E-state index in [-0.39, 0.29) is 12.5 Å². The topological polar surface area (TPSA) is 71.5 Å². The van der Waals surface area contributed by atoms with E-state index in [4.69, 9.17) is 9.72 Å². The molecule has 2 heterocycles. The minimum atomic E-state index is -0.493. The molecule has 1 N–H and O–H groups in total. The molecule has 188 valence electrons. The first-order valence-electron chi connectivity index (χ1n) is 12.8. The zero-order valence-corrected chi connectivity index (χ0v) is 21.3. The number of nitrogens with zero attached hydrogens (tertiary/aromatic N) is 2. The monoisotopic (exact) mass is 493 g/mol. The van der Waals surface area contributed by atoms with Gasteiger partial charge in [0.25, 0.3) is 5.91 Å². The number of amides is 1. The molecule has 4 aromatic rings. The molecule has 0 aliphatic carbocycles. The molecule has 5 rings (SSSR count). The van der Waals surface area contributed by atoms with Gasteiger partial charge in [-0.2, -0.15) is 0 Å². The fraction of sp³-hybridized carbons (Fsp3) is 0.258. The van der Waals surface area contributed by atoms with Crippen LogP contribution in [-0.4, -0.2) is 34.9 Å². The zero-order chi connectivity index (χ0) is 25.8. The minimum Gasteiger partial charge on any atom is -0.452 e. The number of benzene rings is 3. The molecule has 0 radical (unpaired) electrons. The largest absolute Gasteiger partial charge is 0.452 e. The molecular formula is C31H31N3O3. The van der Waals surface area contributed by atoms with Crippen LogP contribution in [0, 0.1) is 6.92 Å². The van der Waals surface area contributed by atoms with Gasteiger partial charge in [0, 0.05) is 48.4 Å². The smallest absolute Gasteiger partial charge is 0.339 e. The van der Waals surface area contributed by atoms with Gasteiger partial charge in [0.15, 0.2) is 6.61 Å². The second-order valence-electron chi connectivity index (χ2n) is 9.46. The highest BCUT2D eigenvalue weighted by molar-refractivity contribution is 6.06. The van der Waals surface area contributed by atoms with E-state index in [9.17, 15) is 9.59 Å². The van der Waals surface area contributed by atoms with Crippen molar-refractivity contribution in [2.75, 3.05) is 18.5 Å². The summed E-state index contributed by atoms with van der Waals surface area (Å²) < 4.78 is 5.61. The molecule has 37 heavy (non-hydrogen) atoms. The van der Waals surface area contributed by atoms with Crippen molar-refractivity contribution in [3.63, 3.8) is 0 Å². The molecule has 0 saturated heterocycles. The number of nitrogens with one attached hydrogen (secondary N) is 1. The Morgan fingerprint density at radius 2 is 1.78 bits per heavy atom. The molecule has 1 amide bonds. The number of hydrogen-bond donors (Lipinski definition) is 1. The van der Waals surface area contributed by atoms with Gasteiger partial charge in [0.1, 0.15) is 0 Å². The maximum atomic E-state index is 13.5. The predicted molar refractivity (Wildman–Crippen MR) is 145 cm³/mol. The number of carbonyl (C=O) groups excluding carboxylic acids is 2. The SMILES string of the molecule is CCc1cccc(C)c1NC(=O)COC(=O)c1c2c(nc3ccccc13)CCN(Cc1ccccc1)C2. The number of para-hydroxylation sites is 2. The molecule has 0 spiro atoms. The van der Waals surface area contributed by atoms with Gasteiger partial charge >= 0.3 is 5.97 Å². The highest BCUT2D eigenvalue weighted by Gasteiger charge is 2.27. The van der Waals surface area contributed by atoms with Crippen molar-refractivity contribution < 1.29 is 14.3 Å². The highest BCUT2D eigenvalue weighted by Crippen LogP contribution is 2.29. The first-order valence-corrected chi connectivity index (χ1v) is 12.8. The Kier molecular flexibility index (Phi) is 7.28. The molecule has 6 nitrogen and oxygen atoms in total. The van der Waals surface area contributed by atoms with Crippen LogP contribution in [0.4, 0.5) is 5.69 Å². The Balaban J connectivity index is 1.38. The maximum Gasteiger partial charge on any atom is 0.339 e. The number of anilines is 1. The molecule has 0 bridgehead atoms. The summed E-state index contributed by atoms with van der Waals surface area (Å²) in [6.45, 7) is 5.90. The predicted octanol–water partition coefficient (Wildman–Crippen LogP) is 5.46. The summed E-state index contributed by atoms with van der Waals surface area (Å²) in [4.78, 5) is 33.4. The fourth-order valence-corrected chi connectivity index (χ4v) is 5.04. The Bertz CT molecular complexity index is 1450. The standard InChI is InChI=1S/C31H31N3O3/c1-3-23-13-9-10-21(2)30(23)33-28(35)20-37-31(36)29-24-14-7-8-15-26(24)32-27-16-17-34(19-25(27)29)18-22-11-5-4-6-12-22/h4-15H,3,16-20H2,1-2H3,(H,33,35). The Morgan fingerprint density at radius 1 is 1.00 bits per heavy atom. The van der Waals surface area contributed by atoms with E-state index in [0.717, 1.165) is 64.9 Å². The number of ether oxygens (including phenoxy) is 1. The molecule has 3 aromatic carbocycles. The van der Waals surface area contributed by atoms with Crippen LogP contribution in [0.15, 0.2) is 72.8 Å². The number of carbonyl (C=O) groups is 2. The zero-order valence-electron chi connectivity index (χ0n) is 21.3. The van der Waals surface area contributed by atoms with Crippen molar-refractivity contribution in [3.8, 4) is 0 Å². The van der Waals surface area contributed by atoms with Crippen molar-refractivity contribution in [3.05, 3.63) is 106 Å². The summed E-state index contributed by atoms with van der Waals surface area (Å²) in [5, 5.41) is 3.68. The molecule has 1 aromatic heterocycles. The fourth-order valence-electron chi connectivity index (χ4n) is 5.04. The van der Waals surface area contributed by atoms with E-state index in [1.807, 2.05) is 74.5 Å². The lowest BCUT2D eigenvalue weighted by molar-refractivity contribution is -0.119. The second kappa shape index (κ2) is 10.9. The molecular weight excluding hydrogens is 462 g/mol. The lowest BCUT2D eigenvalue weighted by Gasteiger charge is -2.30. The van der Waals surface area contributed by atoms with Crippen molar-refractivity contribution in [2.45, 2.75) is 39.8 Å². The van der Waals surface area contributed by atoms with Gasteiger partial charge in [-0.1, -0.05) is 73.7 Å². The van der Waals surface area contributed by atoms with E-state index >= 15 is 0 Å². The number of hydrogen-bond acceptors (Lipinski definition) is 5. The second-order valence-corrected chi connectivity index (χ2v) is 9.46. The molecule has 1 aliphatic heterocycles. The summed E-state index contributed by atoms with van der Waals surface area (Å²) in [6.07, 6.45) is 1.55. The van der Waals surface area contributed by atoms with E-state index in [1.54, 1.807) is 0 Å². The quantitative estimate of drug-likeness (QED) is 0.346. The van der Waals surface area contributed by atoms with Crippen LogP contribution in [0.2, 0.25) is 0 Å². The Hall–Kier alpha value is -4.03. The summed E-state index contributed by atoms with van der Waals surface area (Å²) in [7, 11) is 0. The number of pyridine rings is 1.